The molecule has 0 saturated heterocycles. The third-order valence-corrected chi connectivity index (χ3v) is 10.6. The summed E-state index contributed by atoms with van der Waals surface area (Å²) in [5.41, 5.74) is 7.00. The number of hydrogen-bond acceptors (Lipinski definition) is 9. The molecule has 0 atom stereocenters. The zero-order valence-electron chi connectivity index (χ0n) is 28.9. The molecule has 0 unspecified atom stereocenters. The second-order valence-corrected chi connectivity index (χ2v) is 15.9. The molecule has 6 N–H and O–H groups in total. The molecule has 1 aliphatic rings. The second kappa shape index (κ2) is 17.9. The van der Waals surface area contributed by atoms with Gasteiger partial charge in [-0.2, -0.15) is 25.3 Å². The van der Waals surface area contributed by atoms with Gasteiger partial charge in [0.05, 0.1) is 20.7 Å². The van der Waals surface area contributed by atoms with Crippen molar-refractivity contribution in [1.82, 2.24) is 0 Å². The Morgan fingerprint density at radius 3 is 1.00 bits per heavy atom. The molecular formula is C37H31N3Na2O9S3. The first-order valence-electron chi connectivity index (χ1n) is 15.5. The van der Waals surface area contributed by atoms with Crippen molar-refractivity contribution in [1.29, 1.82) is 0 Å². The first-order chi connectivity index (χ1) is 24.6. The van der Waals surface area contributed by atoms with Crippen LogP contribution in [0.5, 0.6) is 0 Å². The van der Waals surface area contributed by atoms with Gasteiger partial charge in [-0.25, -0.2) is 0 Å². The third-order valence-electron chi connectivity index (χ3n) is 7.97. The van der Waals surface area contributed by atoms with Crippen molar-refractivity contribution in [3.8, 4) is 0 Å². The molecular weight excluding hydrogens is 773 g/mol. The number of benzene rings is 5. The van der Waals surface area contributed by atoms with Crippen LogP contribution in [0.1, 0.15) is 11.1 Å². The fourth-order valence-corrected chi connectivity index (χ4v) is 6.85. The molecule has 0 heterocycles. The molecule has 12 nitrogen and oxygen atoms in total. The maximum atomic E-state index is 11.4. The molecule has 54 heavy (non-hydrogen) atoms. The summed E-state index contributed by atoms with van der Waals surface area (Å²) in [6.07, 6.45) is 7.88. The van der Waals surface area contributed by atoms with Crippen LogP contribution in [0.3, 0.4) is 0 Å². The topological polar surface area (TPSA) is 199 Å². The van der Waals surface area contributed by atoms with Gasteiger partial charge in [0, 0.05) is 87.6 Å². The van der Waals surface area contributed by atoms with Crippen LogP contribution in [-0.4, -0.2) is 104 Å². The number of allylic oxidation sites excluding steroid dienone is 3. The van der Waals surface area contributed by atoms with Gasteiger partial charge in [0.15, 0.2) is 0 Å². The normalized spacial score (nSPS) is 14.0. The number of nitrogens with one attached hydrogen (secondary N) is 3. The van der Waals surface area contributed by atoms with Crippen molar-refractivity contribution in [3.63, 3.8) is 0 Å². The fourth-order valence-electron chi connectivity index (χ4n) is 5.41. The molecule has 0 saturated carbocycles. The molecule has 2 radical (unpaired) electrons. The third kappa shape index (κ3) is 11.3. The van der Waals surface area contributed by atoms with Gasteiger partial charge in [-0.15, -0.1) is 0 Å². The summed E-state index contributed by atoms with van der Waals surface area (Å²) >= 11 is 0. The largest absolute Gasteiger partial charge is 0.375 e. The molecule has 0 aromatic heterocycles. The number of hydrogen-bond donors (Lipinski definition) is 6. The van der Waals surface area contributed by atoms with Crippen LogP contribution in [0.4, 0.5) is 28.4 Å². The standard InChI is InChI=1S/C37H31N3O9S3.2Na/c41-50(42,43)34-19-13-31(14-20-34)38-28-7-1-25(2-8-28)37(26-3-9-29(10-4-26)39-32-15-21-35(22-16-32)51(44,45)46)27-5-11-30(12-6-27)40-33-17-23-36(24-18-33)52(47,48)49;;/h1-24,28,38-40H,(H,41,42,43)(H,44,45,46)(H,47,48,49);;. The van der Waals surface area contributed by atoms with Gasteiger partial charge in [0.25, 0.3) is 30.4 Å². The monoisotopic (exact) mass is 803 g/mol. The van der Waals surface area contributed by atoms with E-state index in [1.165, 1.54) is 36.4 Å². The predicted molar refractivity (Wildman–Crippen MR) is 211 cm³/mol. The summed E-state index contributed by atoms with van der Waals surface area (Å²) in [7, 11) is -12.9. The Hall–Kier alpha value is -3.55. The molecule has 0 aliphatic heterocycles. The Balaban J connectivity index is 0.00000325. The summed E-state index contributed by atoms with van der Waals surface area (Å²) in [4.78, 5) is -0.612. The molecule has 5 aromatic carbocycles. The Morgan fingerprint density at radius 1 is 0.426 bits per heavy atom. The molecule has 17 heteroatoms. The molecule has 268 valence electrons. The minimum atomic E-state index is -4.30. The Labute approximate surface area is 358 Å². The van der Waals surface area contributed by atoms with E-state index in [1.807, 2.05) is 72.8 Å². The summed E-state index contributed by atoms with van der Waals surface area (Å²) in [5.74, 6) is 0. The van der Waals surface area contributed by atoms with Crippen molar-refractivity contribution < 1.29 is 38.9 Å². The molecule has 0 fully saturated rings. The first kappa shape index (κ1) is 43.2. The summed E-state index contributed by atoms with van der Waals surface area (Å²) in [6.45, 7) is 0. The smallest absolute Gasteiger partial charge is 0.294 e. The van der Waals surface area contributed by atoms with E-state index in [2.05, 4.69) is 16.0 Å². The van der Waals surface area contributed by atoms with Crippen molar-refractivity contribution in [3.05, 3.63) is 162 Å². The fraction of sp³-hybridized carbons (Fsp3) is 0.0270. The average molecular weight is 804 g/mol. The second-order valence-electron chi connectivity index (χ2n) is 11.6. The van der Waals surface area contributed by atoms with Gasteiger partial charge in [-0.1, -0.05) is 48.6 Å². The Bertz CT molecular complexity index is 2390. The van der Waals surface area contributed by atoms with Gasteiger partial charge in [0.2, 0.25) is 0 Å². The van der Waals surface area contributed by atoms with Gasteiger partial charge >= 0.3 is 0 Å². The van der Waals surface area contributed by atoms with Crippen LogP contribution >= 0.6 is 0 Å². The van der Waals surface area contributed by atoms with Crippen molar-refractivity contribution in [2.45, 2.75) is 20.7 Å². The van der Waals surface area contributed by atoms with Gasteiger partial charge in [-0.3, -0.25) is 13.7 Å². The zero-order valence-corrected chi connectivity index (χ0v) is 35.4. The van der Waals surface area contributed by atoms with Crippen molar-refractivity contribution >= 4 is 123 Å². The van der Waals surface area contributed by atoms with Crippen LogP contribution in [0.25, 0.3) is 5.57 Å². The Kier molecular flexibility index (Phi) is 14.3. The van der Waals surface area contributed by atoms with E-state index in [9.17, 15) is 38.9 Å². The van der Waals surface area contributed by atoms with Crippen LogP contribution in [0.15, 0.2) is 166 Å². The summed E-state index contributed by atoms with van der Waals surface area (Å²) in [5, 5.41) is 9.74. The van der Waals surface area contributed by atoms with E-state index in [0.29, 0.717) is 17.1 Å². The molecule has 0 bridgehead atoms. The maximum absolute atomic E-state index is 11.4. The summed E-state index contributed by atoms with van der Waals surface area (Å²) < 4.78 is 96.2. The number of anilines is 5. The van der Waals surface area contributed by atoms with E-state index >= 15 is 0 Å². The predicted octanol–water partition coefficient (Wildman–Crippen LogP) is 6.56. The van der Waals surface area contributed by atoms with Gasteiger partial charge in [-0.05, 0) is 119 Å². The average Bonchev–Trinajstić information content (AvgIpc) is 3.10. The van der Waals surface area contributed by atoms with Crippen LogP contribution in [0.2, 0.25) is 0 Å². The van der Waals surface area contributed by atoms with E-state index in [1.54, 1.807) is 36.4 Å². The molecule has 6 rings (SSSR count). The maximum Gasteiger partial charge on any atom is 0.294 e. The SMILES string of the molecule is O=S(=O)(O)c1ccc(Nc2ccc(C(=C3C=CC(Nc4ccc(S(=O)(=O)O)cc4)C=C3)c3ccc(Nc4ccc(S(=O)(=O)O)cc4)cc3)cc2)cc1.[Na].[Na]. The van der Waals surface area contributed by atoms with E-state index in [4.69, 9.17) is 0 Å². The van der Waals surface area contributed by atoms with Crippen LogP contribution in [0, 0.1) is 0 Å². The minimum Gasteiger partial charge on any atom is -0.375 e. The number of rotatable bonds is 11. The molecule has 5 aromatic rings. The van der Waals surface area contributed by atoms with Crippen molar-refractivity contribution in [2.24, 2.45) is 0 Å². The minimum absolute atomic E-state index is 0. The first-order valence-corrected chi connectivity index (χ1v) is 19.8. The molecule has 0 spiro atoms. The molecule has 1 aliphatic carbocycles. The Morgan fingerprint density at radius 2 is 0.704 bits per heavy atom. The summed E-state index contributed by atoms with van der Waals surface area (Å²) in [6, 6.07) is 32.3. The van der Waals surface area contributed by atoms with Gasteiger partial charge in [0.1, 0.15) is 0 Å². The van der Waals surface area contributed by atoms with Crippen molar-refractivity contribution in [2.75, 3.05) is 16.0 Å². The molecule has 0 amide bonds. The van der Waals surface area contributed by atoms with Crippen LogP contribution < -0.4 is 16.0 Å². The zero-order chi connectivity index (χ0) is 37.1. The van der Waals surface area contributed by atoms with Gasteiger partial charge < -0.3 is 16.0 Å². The van der Waals surface area contributed by atoms with Crippen LogP contribution in [-0.2, 0) is 30.4 Å². The quantitative estimate of drug-likeness (QED) is 0.0622. The van der Waals surface area contributed by atoms with E-state index in [-0.39, 0.29) is 79.8 Å². The van der Waals surface area contributed by atoms with E-state index < -0.39 is 30.4 Å². The van der Waals surface area contributed by atoms with E-state index in [0.717, 1.165) is 33.6 Å².